The van der Waals surface area contributed by atoms with E-state index in [0.29, 0.717) is 6.61 Å². The molecule has 0 bridgehead atoms. The van der Waals surface area contributed by atoms with Crippen LogP contribution in [0.2, 0.25) is 5.04 Å². The van der Waals surface area contributed by atoms with Crippen molar-refractivity contribution in [3.63, 3.8) is 0 Å². The van der Waals surface area contributed by atoms with Crippen LogP contribution in [0.15, 0.2) is 65.7 Å². The van der Waals surface area contributed by atoms with Gasteiger partial charge in [-0.05, 0) is 21.8 Å². The molecule has 2 N–H and O–H groups in total. The molecule has 0 fully saturated rings. The van der Waals surface area contributed by atoms with E-state index in [9.17, 15) is 0 Å². The van der Waals surface area contributed by atoms with Crippen molar-refractivity contribution in [2.45, 2.75) is 44.7 Å². The Kier molecular flexibility index (Phi) is 5.11. The number of rotatable bonds is 5. The van der Waals surface area contributed by atoms with Gasteiger partial charge in [0.05, 0.1) is 18.5 Å². The molecule has 0 spiro atoms. The average Bonchev–Trinajstić information content (AvgIpc) is 3.02. The van der Waals surface area contributed by atoms with Crippen molar-refractivity contribution in [2.75, 3.05) is 6.61 Å². The van der Waals surface area contributed by atoms with E-state index < -0.39 is 8.32 Å². The van der Waals surface area contributed by atoms with Gasteiger partial charge in [0.2, 0.25) is 0 Å². The molecule has 4 heteroatoms. The first-order valence-electron chi connectivity index (χ1n) is 9.00. The van der Waals surface area contributed by atoms with Crippen LogP contribution in [0, 0.1) is 0 Å². The molecule has 1 heterocycles. The second kappa shape index (κ2) is 7.14. The Bertz CT molecular complexity index is 683. The highest BCUT2D eigenvalue weighted by atomic mass is 28.4. The molecule has 0 radical (unpaired) electrons. The van der Waals surface area contributed by atoms with Gasteiger partial charge in [0.15, 0.2) is 0 Å². The van der Waals surface area contributed by atoms with Gasteiger partial charge < -0.3 is 10.2 Å². The van der Waals surface area contributed by atoms with Crippen LogP contribution in [-0.4, -0.2) is 26.8 Å². The maximum atomic E-state index is 6.87. The lowest BCUT2D eigenvalue weighted by Crippen LogP contribution is -2.67. The first-order chi connectivity index (χ1) is 11.9. The summed E-state index contributed by atoms with van der Waals surface area (Å²) in [6.07, 6.45) is 1.87. The minimum absolute atomic E-state index is 0.00354. The summed E-state index contributed by atoms with van der Waals surface area (Å²) >= 11 is 0. The molecular formula is C21H28N2OSi. The van der Waals surface area contributed by atoms with Crippen molar-refractivity contribution in [2.24, 2.45) is 10.7 Å². The summed E-state index contributed by atoms with van der Waals surface area (Å²) in [5.74, 6) is 0.760. The lowest BCUT2D eigenvalue weighted by Gasteiger charge is -2.43. The van der Waals surface area contributed by atoms with Crippen LogP contribution in [0.4, 0.5) is 0 Å². The minimum atomic E-state index is -2.45. The van der Waals surface area contributed by atoms with Gasteiger partial charge in [0.25, 0.3) is 8.32 Å². The molecular weight excluding hydrogens is 324 g/mol. The Hall–Kier alpha value is -1.91. The van der Waals surface area contributed by atoms with Gasteiger partial charge in [-0.1, -0.05) is 81.4 Å². The molecule has 1 aliphatic heterocycles. The molecule has 0 saturated carbocycles. The molecule has 0 saturated heterocycles. The smallest absolute Gasteiger partial charge is 0.261 e. The minimum Gasteiger partial charge on any atom is -0.405 e. The number of amidine groups is 1. The second-order valence-electron chi connectivity index (χ2n) is 7.79. The summed E-state index contributed by atoms with van der Waals surface area (Å²) in [6, 6.07) is 21.6. The molecule has 3 nitrogen and oxygen atoms in total. The first kappa shape index (κ1) is 17.9. The number of nitrogens with two attached hydrogens (primary N) is 1. The zero-order valence-corrected chi connectivity index (χ0v) is 16.4. The predicted octanol–water partition coefficient (Wildman–Crippen LogP) is 3.08. The lowest BCUT2D eigenvalue weighted by molar-refractivity contribution is 0.272. The zero-order valence-electron chi connectivity index (χ0n) is 15.4. The molecule has 0 amide bonds. The van der Waals surface area contributed by atoms with E-state index in [4.69, 9.17) is 10.2 Å². The number of hydrogen-bond acceptors (Lipinski definition) is 3. The van der Waals surface area contributed by atoms with Crippen molar-refractivity contribution in [3.8, 4) is 0 Å². The van der Waals surface area contributed by atoms with Crippen LogP contribution < -0.4 is 16.1 Å². The predicted molar refractivity (Wildman–Crippen MR) is 108 cm³/mol. The molecule has 2 aromatic rings. The summed E-state index contributed by atoms with van der Waals surface area (Å²) in [5, 5.41) is 2.62. The van der Waals surface area contributed by atoms with Gasteiger partial charge in [0.1, 0.15) is 0 Å². The highest BCUT2D eigenvalue weighted by Gasteiger charge is 2.50. The van der Waals surface area contributed by atoms with Gasteiger partial charge in [-0.25, -0.2) is 0 Å². The summed E-state index contributed by atoms with van der Waals surface area (Å²) in [5.41, 5.74) is 5.88. The lowest BCUT2D eigenvalue weighted by atomic mass is 10.2. The molecule has 1 atom stereocenters. The highest BCUT2D eigenvalue weighted by Crippen LogP contribution is 2.37. The van der Waals surface area contributed by atoms with E-state index in [2.05, 4.69) is 86.4 Å². The Balaban J connectivity index is 2.05. The number of benzene rings is 2. The fourth-order valence-electron chi connectivity index (χ4n) is 3.78. The van der Waals surface area contributed by atoms with Crippen LogP contribution in [0.25, 0.3) is 0 Å². The van der Waals surface area contributed by atoms with Crippen LogP contribution in [0.3, 0.4) is 0 Å². The maximum Gasteiger partial charge on any atom is 0.261 e. The molecule has 0 aliphatic carbocycles. The first-order valence-corrected chi connectivity index (χ1v) is 10.9. The summed E-state index contributed by atoms with van der Waals surface area (Å²) in [7, 11) is -2.45. The fraction of sp³-hybridized carbons (Fsp3) is 0.381. The third-order valence-corrected chi connectivity index (χ3v) is 10.00. The molecule has 0 unspecified atom stereocenters. The van der Waals surface area contributed by atoms with E-state index in [1.807, 2.05) is 0 Å². The topological polar surface area (TPSA) is 47.6 Å². The largest absolute Gasteiger partial charge is 0.405 e. The maximum absolute atomic E-state index is 6.87. The van der Waals surface area contributed by atoms with E-state index in [-0.39, 0.29) is 11.1 Å². The molecule has 2 aromatic carbocycles. The van der Waals surface area contributed by atoms with Crippen LogP contribution in [-0.2, 0) is 4.43 Å². The SMILES string of the molecule is CC(C)(C)[Si](OC[C@H]1CCC(N)=N1)(c1ccccc1)c1ccccc1. The van der Waals surface area contributed by atoms with Gasteiger partial charge in [-0.2, -0.15) is 0 Å². The normalized spacial score (nSPS) is 18.2. The molecule has 1 aliphatic rings. The van der Waals surface area contributed by atoms with Gasteiger partial charge in [-0.3, -0.25) is 4.99 Å². The van der Waals surface area contributed by atoms with Crippen LogP contribution >= 0.6 is 0 Å². The van der Waals surface area contributed by atoms with Crippen LogP contribution in [0.1, 0.15) is 33.6 Å². The fourth-order valence-corrected chi connectivity index (χ4v) is 8.38. The Morgan fingerprint density at radius 1 is 1.00 bits per heavy atom. The summed E-state index contributed by atoms with van der Waals surface area (Å²) in [6.45, 7) is 7.52. The van der Waals surface area contributed by atoms with Crippen molar-refractivity contribution in [1.29, 1.82) is 0 Å². The molecule has 0 aromatic heterocycles. The Morgan fingerprint density at radius 3 is 1.92 bits per heavy atom. The average molecular weight is 353 g/mol. The monoisotopic (exact) mass is 352 g/mol. The molecule has 132 valence electrons. The van der Waals surface area contributed by atoms with Crippen molar-refractivity contribution in [1.82, 2.24) is 0 Å². The Morgan fingerprint density at radius 2 is 1.52 bits per heavy atom. The third-order valence-electron chi connectivity index (χ3n) is 4.99. The number of aliphatic imine (C=N–C) groups is 1. The number of nitrogens with zero attached hydrogens (tertiary/aromatic N) is 1. The summed E-state index contributed by atoms with van der Waals surface area (Å²) in [4.78, 5) is 4.55. The zero-order chi connectivity index (χ0) is 17.9. The van der Waals surface area contributed by atoms with Crippen molar-refractivity contribution in [3.05, 3.63) is 60.7 Å². The van der Waals surface area contributed by atoms with Crippen molar-refractivity contribution >= 4 is 24.5 Å². The Labute approximate surface area is 152 Å². The standard InChI is InChI=1S/C21H28N2OSi/c1-21(2,3)25(18-10-6-4-7-11-18,19-12-8-5-9-13-19)24-16-17-14-15-20(22)23-17/h4-13,17H,14-16H2,1-3H3,(H2,22,23)/t17-/m1/s1. The number of hydrogen-bond donors (Lipinski definition) is 1. The van der Waals surface area contributed by atoms with E-state index in [0.717, 1.165) is 18.7 Å². The van der Waals surface area contributed by atoms with E-state index in [1.165, 1.54) is 10.4 Å². The summed E-state index contributed by atoms with van der Waals surface area (Å²) < 4.78 is 6.87. The molecule has 3 rings (SSSR count). The van der Waals surface area contributed by atoms with Gasteiger partial charge in [0, 0.05) is 6.42 Å². The molecule has 25 heavy (non-hydrogen) atoms. The highest BCUT2D eigenvalue weighted by molar-refractivity contribution is 6.99. The quantitative estimate of drug-likeness (QED) is 0.841. The van der Waals surface area contributed by atoms with Gasteiger partial charge >= 0.3 is 0 Å². The van der Waals surface area contributed by atoms with Crippen LogP contribution in [0.5, 0.6) is 0 Å². The van der Waals surface area contributed by atoms with E-state index in [1.54, 1.807) is 0 Å². The third kappa shape index (κ3) is 3.55. The van der Waals surface area contributed by atoms with E-state index >= 15 is 0 Å². The van der Waals surface area contributed by atoms with Crippen molar-refractivity contribution < 1.29 is 4.43 Å². The van der Waals surface area contributed by atoms with Gasteiger partial charge in [-0.15, -0.1) is 0 Å². The second-order valence-corrected chi connectivity index (χ2v) is 12.1.